The van der Waals surface area contributed by atoms with Gasteiger partial charge in [-0.15, -0.1) is 0 Å². The molecule has 0 spiro atoms. The second-order valence-electron chi connectivity index (χ2n) is 5.90. The van der Waals surface area contributed by atoms with Crippen LogP contribution in [0.2, 0.25) is 0 Å². The Morgan fingerprint density at radius 3 is 2.73 bits per heavy atom. The van der Waals surface area contributed by atoms with Gasteiger partial charge in [-0.25, -0.2) is 17.7 Å². The molecule has 0 saturated carbocycles. The van der Waals surface area contributed by atoms with Crippen molar-refractivity contribution in [1.82, 2.24) is 19.2 Å². The second-order valence-corrected chi connectivity index (χ2v) is 8.13. The van der Waals surface area contributed by atoms with Gasteiger partial charge in [0.25, 0.3) is 5.56 Å². The average molecular weight is 330 g/mol. The van der Waals surface area contributed by atoms with E-state index in [0.717, 1.165) is 0 Å². The molecule has 0 aromatic carbocycles. The van der Waals surface area contributed by atoms with Gasteiger partial charge in [0, 0.05) is 45.7 Å². The molecule has 0 unspecified atom stereocenters. The van der Waals surface area contributed by atoms with Gasteiger partial charge in [0.05, 0.1) is 17.6 Å². The predicted octanol–water partition coefficient (Wildman–Crippen LogP) is -1.24. The van der Waals surface area contributed by atoms with Crippen LogP contribution in [0, 0.1) is 12.8 Å². The first-order chi connectivity index (χ1) is 10.2. The number of aliphatic hydroxyl groups is 1. The van der Waals surface area contributed by atoms with E-state index in [9.17, 15) is 18.3 Å². The van der Waals surface area contributed by atoms with E-state index < -0.39 is 16.1 Å². The van der Waals surface area contributed by atoms with Crippen molar-refractivity contribution in [3.05, 3.63) is 27.9 Å². The zero-order chi connectivity index (χ0) is 16.5. The normalized spacial score (nSPS) is 23.3. The van der Waals surface area contributed by atoms with E-state index in [1.807, 2.05) is 4.90 Å². The Hall–Kier alpha value is -1.29. The first-order valence-corrected chi connectivity index (χ1v) is 8.66. The van der Waals surface area contributed by atoms with Gasteiger partial charge >= 0.3 is 0 Å². The Kier molecular flexibility index (Phi) is 5.00. The summed E-state index contributed by atoms with van der Waals surface area (Å²) >= 11 is 0. The zero-order valence-electron chi connectivity index (χ0n) is 13.0. The summed E-state index contributed by atoms with van der Waals surface area (Å²) in [6, 6.07) is 1.42. The van der Waals surface area contributed by atoms with E-state index in [2.05, 4.69) is 9.97 Å². The van der Waals surface area contributed by atoms with Gasteiger partial charge in [-0.05, 0) is 6.92 Å². The minimum Gasteiger partial charge on any atom is -0.391 e. The maximum Gasteiger partial charge on any atom is 0.251 e. The van der Waals surface area contributed by atoms with Crippen molar-refractivity contribution in [3.63, 3.8) is 0 Å². The highest BCUT2D eigenvalue weighted by atomic mass is 32.2. The lowest BCUT2D eigenvalue weighted by atomic mass is 10.1. The van der Waals surface area contributed by atoms with Crippen LogP contribution in [0.15, 0.2) is 10.9 Å². The number of hydrogen-bond acceptors (Lipinski definition) is 6. The molecule has 9 heteroatoms. The zero-order valence-corrected chi connectivity index (χ0v) is 13.8. The fourth-order valence-corrected chi connectivity index (χ4v) is 3.77. The van der Waals surface area contributed by atoms with Crippen molar-refractivity contribution < 1.29 is 13.5 Å². The Labute approximate surface area is 129 Å². The van der Waals surface area contributed by atoms with Crippen LogP contribution in [-0.2, 0) is 16.6 Å². The van der Waals surface area contributed by atoms with Gasteiger partial charge < -0.3 is 10.1 Å². The summed E-state index contributed by atoms with van der Waals surface area (Å²) in [5.41, 5.74) is 0.401. The van der Waals surface area contributed by atoms with E-state index >= 15 is 0 Å². The molecule has 2 N–H and O–H groups in total. The number of hydrogen-bond donors (Lipinski definition) is 2. The average Bonchev–Trinajstić information content (AvgIpc) is 2.67. The number of β-amino-alcohol motifs (C(OH)–C–C–N with tert-alkyl or cyclic N) is 1. The molecule has 1 fully saturated rings. The van der Waals surface area contributed by atoms with E-state index in [4.69, 9.17) is 0 Å². The summed E-state index contributed by atoms with van der Waals surface area (Å²) in [5.74, 6) is 0.115. The van der Waals surface area contributed by atoms with Crippen LogP contribution in [0.1, 0.15) is 11.5 Å². The summed E-state index contributed by atoms with van der Waals surface area (Å²) in [6.07, 6.45) is -0.696. The number of H-pyrrole nitrogens is 1. The van der Waals surface area contributed by atoms with E-state index in [1.165, 1.54) is 24.5 Å². The van der Waals surface area contributed by atoms with Gasteiger partial charge in [-0.2, -0.15) is 0 Å². The van der Waals surface area contributed by atoms with Crippen LogP contribution >= 0.6 is 0 Å². The van der Waals surface area contributed by atoms with Crippen LogP contribution < -0.4 is 5.56 Å². The van der Waals surface area contributed by atoms with Gasteiger partial charge in [0.1, 0.15) is 5.82 Å². The highest BCUT2D eigenvalue weighted by Gasteiger charge is 2.35. The number of nitrogens with zero attached hydrogens (tertiary/aromatic N) is 3. The van der Waals surface area contributed by atoms with Crippen molar-refractivity contribution in [2.45, 2.75) is 19.6 Å². The van der Waals surface area contributed by atoms with Crippen molar-refractivity contribution in [2.75, 3.05) is 32.9 Å². The Bertz CT molecular complexity index is 686. The van der Waals surface area contributed by atoms with Crippen LogP contribution in [0.25, 0.3) is 0 Å². The van der Waals surface area contributed by atoms with Gasteiger partial charge in [-0.1, -0.05) is 0 Å². The molecule has 22 heavy (non-hydrogen) atoms. The highest BCUT2D eigenvalue weighted by molar-refractivity contribution is 7.89. The molecule has 0 bridgehead atoms. The van der Waals surface area contributed by atoms with E-state index in [0.29, 0.717) is 31.2 Å². The molecular formula is C13H22N4O4S. The first-order valence-electron chi connectivity index (χ1n) is 7.05. The Morgan fingerprint density at radius 1 is 1.45 bits per heavy atom. The van der Waals surface area contributed by atoms with Crippen molar-refractivity contribution in [3.8, 4) is 0 Å². The Morgan fingerprint density at radius 2 is 2.14 bits per heavy atom. The lowest BCUT2D eigenvalue weighted by Crippen LogP contribution is -2.33. The molecule has 124 valence electrons. The number of aromatic amines is 1. The molecule has 1 aromatic rings. The number of nitrogens with one attached hydrogen (secondary N) is 1. The number of aromatic nitrogens is 2. The SMILES string of the molecule is Cc1nc(CN2C[C@@H](CS(=O)(=O)N(C)C)[C@@H](O)C2)cc(=O)[nH]1. The maximum absolute atomic E-state index is 11.9. The third-order valence-electron chi connectivity index (χ3n) is 3.76. The fraction of sp³-hybridized carbons (Fsp3) is 0.692. The van der Waals surface area contributed by atoms with Crippen molar-refractivity contribution >= 4 is 10.0 Å². The molecule has 2 rings (SSSR count). The minimum absolute atomic E-state index is 0.0838. The molecule has 1 saturated heterocycles. The third-order valence-corrected chi connectivity index (χ3v) is 5.72. The third kappa shape index (κ3) is 4.13. The van der Waals surface area contributed by atoms with Crippen LogP contribution in [0.5, 0.6) is 0 Å². The summed E-state index contributed by atoms with van der Waals surface area (Å²) < 4.78 is 25.0. The molecule has 2 heterocycles. The molecule has 2 atom stereocenters. The highest BCUT2D eigenvalue weighted by Crippen LogP contribution is 2.21. The summed E-state index contributed by atoms with van der Waals surface area (Å²) in [4.78, 5) is 20.2. The lowest BCUT2D eigenvalue weighted by Gasteiger charge is -2.17. The summed E-state index contributed by atoms with van der Waals surface area (Å²) in [5, 5.41) is 10.1. The quantitative estimate of drug-likeness (QED) is 0.700. The van der Waals surface area contributed by atoms with Crippen molar-refractivity contribution in [2.24, 2.45) is 5.92 Å². The van der Waals surface area contributed by atoms with Gasteiger partial charge in [0.2, 0.25) is 10.0 Å². The monoisotopic (exact) mass is 330 g/mol. The lowest BCUT2D eigenvalue weighted by molar-refractivity contribution is 0.148. The molecular weight excluding hydrogens is 308 g/mol. The standard InChI is InChI=1S/C13H22N4O4S/c1-9-14-11(4-13(19)15-9)6-17-5-10(12(18)7-17)8-22(20,21)16(2)3/h4,10,12,18H,5-8H2,1-3H3,(H,14,15,19)/t10-,12-/m0/s1. The van der Waals surface area contributed by atoms with Gasteiger partial charge in [0.15, 0.2) is 0 Å². The number of sulfonamides is 1. The molecule has 1 aliphatic rings. The summed E-state index contributed by atoms with van der Waals surface area (Å²) in [6.45, 7) is 2.96. The number of rotatable bonds is 5. The van der Waals surface area contributed by atoms with E-state index in [1.54, 1.807) is 6.92 Å². The van der Waals surface area contributed by atoms with Crippen LogP contribution in [0.3, 0.4) is 0 Å². The van der Waals surface area contributed by atoms with Crippen molar-refractivity contribution in [1.29, 1.82) is 0 Å². The molecule has 1 aromatic heterocycles. The topological polar surface area (TPSA) is 107 Å². The van der Waals surface area contributed by atoms with E-state index in [-0.39, 0.29) is 17.2 Å². The molecule has 1 aliphatic heterocycles. The molecule has 0 aliphatic carbocycles. The predicted molar refractivity (Wildman–Crippen MR) is 81.8 cm³/mol. The fourth-order valence-electron chi connectivity index (χ4n) is 2.61. The largest absolute Gasteiger partial charge is 0.391 e. The van der Waals surface area contributed by atoms with Gasteiger partial charge in [-0.3, -0.25) is 9.69 Å². The van der Waals surface area contributed by atoms with Crippen LogP contribution in [-0.4, -0.2) is 71.7 Å². The first kappa shape index (κ1) is 17.1. The summed E-state index contributed by atoms with van der Waals surface area (Å²) in [7, 11) is -0.381. The number of aliphatic hydroxyl groups excluding tert-OH is 1. The smallest absolute Gasteiger partial charge is 0.251 e. The molecule has 0 amide bonds. The molecule has 8 nitrogen and oxygen atoms in total. The van der Waals surface area contributed by atoms with Crippen LogP contribution in [0.4, 0.5) is 0 Å². The maximum atomic E-state index is 11.9. The minimum atomic E-state index is -3.35. The Balaban J connectivity index is 2.03. The number of likely N-dealkylation sites (tertiary alicyclic amines) is 1. The second kappa shape index (κ2) is 6.45. The number of aryl methyl sites for hydroxylation is 1. The molecule has 0 radical (unpaired) electrons.